The summed E-state index contributed by atoms with van der Waals surface area (Å²) in [7, 11) is 0. The van der Waals surface area contributed by atoms with E-state index >= 15 is 0 Å². The molecule has 5 heteroatoms. The number of amides is 1. The van der Waals surface area contributed by atoms with Crippen LogP contribution in [0, 0.1) is 0 Å². The van der Waals surface area contributed by atoms with E-state index in [1.807, 2.05) is 0 Å². The molecule has 0 radical (unpaired) electrons. The van der Waals surface area contributed by atoms with E-state index in [0.29, 0.717) is 6.41 Å². The summed E-state index contributed by atoms with van der Waals surface area (Å²) in [5, 5.41) is 11.8. The van der Waals surface area contributed by atoms with Crippen molar-refractivity contribution in [3.63, 3.8) is 0 Å². The lowest BCUT2D eigenvalue weighted by Gasteiger charge is -2.19. The largest absolute Gasteiger partial charge is 0.506 e. The third-order valence-corrected chi connectivity index (χ3v) is 1.85. The minimum atomic E-state index is -0.591. The normalized spacial score (nSPS) is 10.8. The van der Waals surface area contributed by atoms with Crippen LogP contribution in [0.2, 0.25) is 0 Å². The molecule has 1 amide bonds. The number of carbonyl (C=O) groups is 2. The molecule has 0 heterocycles. The summed E-state index contributed by atoms with van der Waals surface area (Å²) in [6.07, 6.45) is 0.447. The van der Waals surface area contributed by atoms with Crippen LogP contribution < -0.4 is 5.32 Å². The van der Waals surface area contributed by atoms with Crippen LogP contribution in [-0.4, -0.2) is 23.1 Å². The third kappa shape index (κ3) is 3.79. The van der Waals surface area contributed by atoms with Gasteiger partial charge in [-0.1, -0.05) is 0 Å². The smallest absolute Gasteiger partial charge is 0.338 e. The van der Waals surface area contributed by atoms with E-state index in [4.69, 9.17) is 4.74 Å². The topological polar surface area (TPSA) is 75.6 Å². The quantitative estimate of drug-likeness (QED) is 0.478. The van der Waals surface area contributed by atoms with Gasteiger partial charge in [0, 0.05) is 0 Å². The van der Waals surface area contributed by atoms with Crippen LogP contribution in [0.25, 0.3) is 0 Å². The van der Waals surface area contributed by atoms with E-state index in [0.717, 1.165) is 0 Å². The molecule has 0 aliphatic carbocycles. The molecule has 5 nitrogen and oxygen atoms in total. The van der Waals surface area contributed by atoms with E-state index < -0.39 is 11.6 Å². The maximum Gasteiger partial charge on any atom is 0.338 e. The maximum absolute atomic E-state index is 11.7. The van der Waals surface area contributed by atoms with Crippen molar-refractivity contribution >= 4 is 18.1 Å². The van der Waals surface area contributed by atoms with E-state index in [1.165, 1.54) is 18.2 Å². The van der Waals surface area contributed by atoms with Crippen molar-refractivity contribution in [2.45, 2.75) is 26.4 Å². The van der Waals surface area contributed by atoms with Gasteiger partial charge in [0.05, 0.1) is 11.3 Å². The second-order valence-electron chi connectivity index (χ2n) is 4.50. The number of esters is 1. The van der Waals surface area contributed by atoms with Gasteiger partial charge in [-0.05, 0) is 39.0 Å². The molecule has 0 aliphatic rings. The Kier molecular flexibility index (Phi) is 3.73. The van der Waals surface area contributed by atoms with E-state index in [1.54, 1.807) is 20.8 Å². The molecular formula is C12H15NO4. The van der Waals surface area contributed by atoms with Crippen LogP contribution in [0.4, 0.5) is 5.69 Å². The number of phenolic OH excluding ortho intramolecular Hbond substituents is 1. The highest BCUT2D eigenvalue weighted by molar-refractivity contribution is 5.91. The highest BCUT2D eigenvalue weighted by Crippen LogP contribution is 2.24. The fourth-order valence-electron chi connectivity index (χ4n) is 1.18. The molecule has 0 spiro atoms. The Labute approximate surface area is 99.4 Å². The number of ether oxygens (including phenoxy) is 1. The van der Waals surface area contributed by atoms with Crippen molar-refractivity contribution in [3.05, 3.63) is 23.8 Å². The molecular weight excluding hydrogens is 222 g/mol. The van der Waals surface area contributed by atoms with E-state index in [9.17, 15) is 14.7 Å². The van der Waals surface area contributed by atoms with Gasteiger partial charge in [0.2, 0.25) is 6.41 Å². The predicted molar refractivity (Wildman–Crippen MR) is 63.0 cm³/mol. The lowest BCUT2D eigenvalue weighted by atomic mass is 10.1. The first-order valence-electron chi connectivity index (χ1n) is 5.10. The van der Waals surface area contributed by atoms with Gasteiger partial charge in [0.25, 0.3) is 0 Å². The predicted octanol–water partition coefficient (Wildman–Crippen LogP) is 1.92. The molecule has 0 saturated heterocycles. The number of carbonyl (C=O) groups excluding carboxylic acids is 2. The number of phenols is 1. The average molecular weight is 237 g/mol. The molecule has 17 heavy (non-hydrogen) atoms. The summed E-state index contributed by atoms with van der Waals surface area (Å²) in [5.74, 6) is -0.703. The number of aromatic hydroxyl groups is 1. The third-order valence-electron chi connectivity index (χ3n) is 1.85. The summed E-state index contributed by atoms with van der Waals surface area (Å²) >= 11 is 0. The van der Waals surface area contributed by atoms with Gasteiger partial charge in [0.15, 0.2) is 0 Å². The Balaban J connectivity index is 2.90. The van der Waals surface area contributed by atoms with Crippen LogP contribution in [0.3, 0.4) is 0 Å². The Morgan fingerprint density at radius 3 is 2.53 bits per heavy atom. The number of anilines is 1. The van der Waals surface area contributed by atoms with Crippen LogP contribution in [0.15, 0.2) is 18.2 Å². The van der Waals surface area contributed by atoms with Gasteiger partial charge in [0.1, 0.15) is 11.4 Å². The molecule has 1 rings (SSSR count). The minimum absolute atomic E-state index is 0.180. The van der Waals surface area contributed by atoms with Crippen molar-refractivity contribution in [1.82, 2.24) is 0 Å². The Morgan fingerprint density at radius 1 is 1.41 bits per heavy atom. The molecule has 0 unspecified atom stereocenters. The number of rotatable bonds is 3. The van der Waals surface area contributed by atoms with Gasteiger partial charge in [-0.2, -0.15) is 0 Å². The van der Waals surface area contributed by atoms with Gasteiger partial charge in [-0.25, -0.2) is 4.79 Å². The molecule has 92 valence electrons. The van der Waals surface area contributed by atoms with Crippen LogP contribution >= 0.6 is 0 Å². The molecule has 0 bridgehead atoms. The monoisotopic (exact) mass is 237 g/mol. The van der Waals surface area contributed by atoms with Crippen molar-refractivity contribution < 1.29 is 19.4 Å². The average Bonchev–Trinajstić information content (AvgIpc) is 2.18. The Morgan fingerprint density at radius 2 is 2.06 bits per heavy atom. The first kappa shape index (κ1) is 13.0. The molecule has 0 aliphatic heterocycles. The van der Waals surface area contributed by atoms with Gasteiger partial charge < -0.3 is 15.2 Å². The lowest BCUT2D eigenvalue weighted by Crippen LogP contribution is -2.23. The lowest BCUT2D eigenvalue weighted by molar-refractivity contribution is -0.105. The highest BCUT2D eigenvalue weighted by atomic mass is 16.6. The summed E-state index contributed by atoms with van der Waals surface area (Å²) in [5.41, 5.74) is -0.118. The van der Waals surface area contributed by atoms with Crippen molar-refractivity contribution in [1.29, 1.82) is 0 Å². The summed E-state index contributed by atoms with van der Waals surface area (Å²) in [4.78, 5) is 21.9. The minimum Gasteiger partial charge on any atom is -0.506 e. The molecule has 0 fully saturated rings. The zero-order valence-electron chi connectivity index (χ0n) is 9.98. The number of hydrogen-bond acceptors (Lipinski definition) is 4. The highest BCUT2D eigenvalue weighted by Gasteiger charge is 2.18. The van der Waals surface area contributed by atoms with Crippen molar-refractivity contribution in [2.75, 3.05) is 5.32 Å². The van der Waals surface area contributed by atoms with Crippen LogP contribution in [0.1, 0.15) is 31.1 Å². The fraction of sp³-hybridized carbons (Fsp3) is 0.333. The number of hydrogen-bond donors (Lipinski definition) is 2. The fourth-order valence-corrected chi connectivity index (χ4v) is 1.18. The summed E-state index contributed by atoms with van der Waals surface area (Å²) in [6.45, 7) is 5.27. The molecule has 0 atom stereocenters. The second-order valence-corrected chi connectivity index (χ2v) is 4.50. The number of benzene rings is 1. The van der Waals surface area contributed by atoms with Crippen molar-refractivity contribution in [3.8, 4) is 5.75 Å². The van der Waals surface area contributed by atoms with Crippen LogP contribution in [0.5, 0.6) is 5.75 Å². The first-order valence-corrected chi connectivity index (χ1v) is 5.10. The Hall–Kier alpha value is -2.04. The van der Waals surface area contributed by atoms with Gasteiger partial charge in [-0.3, -0.25) is 4.79 Å². The molecule has 1 aromatic rings. The Bertz CT molecular complexity index is 435. The summed E-state index contributed by atoms with van der Waals surface area (Å²) < 4.78 is 5.14. The SMILES string of the molecule is CC(C)(C)OC(=O)c1ccc(NC=O)c(O)c1. The molecule has 0 saturated carbocycles. The van der Waals surface area contributed by atoms with E-state index in [-0.39, 0.29) is 17.0 Å². The molecule has 1 aromatic carbocycles. The zero-order valence-corrected chi connectivity index (χ0v) is 9.98. The maximum atomic E-state index is 11.7. The van der Waals surface area contributed by atoms with Gasteiger partial charge in [-0.15, -0.1) is 0 Å². The van der Waals surface area contributed by atoms with Gasteiger partial charge >= 0.3 is 5.97 Å². The van der Waals surface area contributed by atoms with Crippen molar-refractivity contribution in [2.24, 2.45) is 0 Å². The second kappa shape index (κ2) is 4.86. The molecule has 2 N–H and O–H groups in total. The van der Waals surface area contributed by atoms with E-state index in [2.05, 4.69) is 5.32 Å². The standard InChI is InChI=1S/C12H15NO4/c1-12(2,3)17-11(16)8-4-5-9(13-7-14)10(15)6-8/h4-7,15H,1-3H3,(H,13,14). The zero-order chi connectivity index (χ0) is 13.1. The number of nitrogens with one attached hydrogen (secondary N) is 1. The first-order chi connectivity index (χ1) is 7.83. The summed E-state index contributed by atoms with van der Waals surface area (Å²) in [6, 6.07) is 4.16. The molecule has 0 aromatic heterocycles. The van der Waals surface area contributed by atoms with Crippen LogP contribution in [-0.2, 0) is 9.53 Å².